The average molecular weight is 398 g/mol. The molecule has 1 amide bonds. The highest BCUT2D eigenvalue weighted by atomic mass is 16.5. The number of nitrogens with zero attached hydrogens (tertiary/aromatic N) is 1. The Morgan fingerprint density at radius 2 is 1.83 bits per heavy atom. The van der Waals surface area contributed by atoms with Crippen LogP contribution in [0.5, 0.6) is 5.75 Å². The van der Waals surface area contributed by atoms with Crippen LogP contribution in [0, 0.1) is 6.92 Å². The standard InChI is InChI=1S/C25H22N2O3/c1-17-10-12-18(13-11-17)15-26-24(28)21-8-3-4-9-22(21)25-27-16-23(30-25)19-6-5-7-20(14-19)29-2/h3-14,16H,15H2,1-2H3,(H,26,28). The van der Waals surface area contributed by atoms with Gasteiger partial charge in [0, 0.05) is 17.7 Å². The van der Waals surface area contributed by atoms with Crippen molar-refractivity contribution >= 4 is 5.91 Å². The predicted octanol–water partition coefficient (Wildman–Crippen LogP) is 5.26. The summed E-state index contributed by atoms with van der Waals surface area (Å²) >= 11 is 0. The van der Waals surface area contributed by atoms with Crippen molar-refractivity contribution in [2.75, 3.05) is 7.11 Å². The molecule has 30 heavy (non-hydrogen) atoms. The first-order chi connectivity index (χ1) is 14.6. The fraction of sp³-hybridized carbons (Fsp3) is 0.120. The number of aromatic nitrogens is 1. The van der Waals surface area contributed by atoms with Crippen molar-refractivity contribution in [3.8, 4) is 28.5 Å². The predicted molar refractivity (Wildman–Crippen MR) is 116 cm³/mol. The summed E-state index contributed by atoms with van der Waals surface area (Å²) in [6, 6.07) is 22.9. The van der Waals surface area contributed by atoms with Crippen LogP contribution in [0.1, 0.15) is 21.5 Å². The van der Waals surface area contributed by atoms with E-state index in [1.165, 1.54) is 5.56 Å². The lowest BCUT2D eigenvalue weighted by atomic mass is 10.1. The van der Waals surface area contributed by atoms with Gasteiger partial charge in [-0.3, -0.25) is 4.79 Å². The molecule has 1 heterocycles. The number of hydrogen-bond donors (Lipinski definition) is 1. The third kappa shape index (κ3) is 4.25. The van der Waals surface area contributed by atoms with E-state index in [4.69, 9.17) is 9.15 Å². The Kier molecular flexibility index (Phi) is 5.61. The fourth-order valence-electron chi connectivity index (χ4n) is 3.16. The maximum atomic E-state index is 12.8. The summed E-state index contributed by atoms with van der Waals surface area (Å²) in [5.74, 6) is 1.57. The summed E-state index contributed by atoms with van der Waals surface area (Å²) in [5, 5.41) is 2.97. The van der Waals surface area contributed by atoms with Gasteiger partial charge < -0.3 is 14.5 Å². The third-order valence-electron chi connectivity index (χ3n) is 4.84. The zero-order valence-electron chi connectivity index (χ0n) is 16.9. The van der Waals surface area contributed by atoms with Crippen molar-refractivity contribution in [2.24, 2.45) is 0 Å². The molecule has 0 bridgehead atoms. The molecule has 150 valence electrons. The maximum absolute atomic E-state index is 12.8. The van der Waals surface area contributed by atoms with Crippen LogP contribution < -0.4 is 10.1 Å². The fourth-order valence-corrected chi connectivity index (χ4v) is 3.16. The Morgan fingerprint density at radius 3 is 2.63 bits per heavy atom. The van der Waals surface area contributed by atoms with Crippen molar-refractivity contribution in [2.45, 2.75) is 13.5 Å². The molecule has 4 aromatic rings. The van der Waals surface area contributed by atoms with Crippen molar-refractivity contribution in [3.63, 3.8) is 0 Å². The van der Waals surface area contributed by atoms with E-state index in [2.05, 4.69) is 10.3 Å². The van der Waals surface area contributed by atoms with E-state index in [-0.39, 0.29) is 5.91 Å². The van der Waals surface area contributed by atoms with Gasteiger partial charge in [-0.05, 0) is 36.8 Å². The van der Waals surface area contributed by atoms with Gasteiger partial charge in [-0.25, -0.2) is 4.98 Å². The number of ether oxygens (including phenoxy) is 1. The van der Waals surface area contributed by atoms with Crippen LogP contribution in [0.4, 0.5) is 0 Å². The molecule has 0 aliphatic rings. The summed E-state index contributed by atoms with van der Waals surface area (Å²) in [5.41, 5.74) is 4.25. The normalized spacial score (nSPS) is 10.6. The molecular formula is C25H22N2O3. The Bertz CT molecular complexity index is 1160. The third-order valence-corrected chi connectivity index (χ3v) is 4.84. The lowest BCUT2D eigenvalue weighted by Crippen LogP contribution is -2.23. The van der Waals surface area contributed by atoms with Crippen LogP contribution in [-0.4, -0.2) is 18.0 Å². The zero-order valence-corrected chi connectivity index (χ0v) is 16.9. The summed E-state index contributed by atoms with van der Waals surface area (Å²) in [7, 11) is 1.62. The topological polar surface area (TPSA) is 64.4 Å². The molecule has 0 aliphatic heterocycles. The van der Waals surface area contributed by atoms with Gasteiger partial charge in [0.25, 0.3) is 5.91 Å². The van der Waals surface area contributed by atoms with Gasteiger partial charge in [-0.1, -0.05) is 54.1 Å². The smallest absolute Gasteiger partial charge is 0.252 e. The number of amides is 1. The molecule has 1 aromatic heterocycles. The van der Waals surface area contributed by atoms with Gasteiger partial charge in [0.05, 0.1) is 18.9 Å². The van der Waals surface area contributed by atoms with Crippen molar-refractivity contribution in [1.29, 1.82) is 0 Å². The minimum atomic E-state index is -0.174. The summed E-state index contributed by atoms with van der Waals surface area (Å²) in [4.78, 5) is 17.2. The van der Waals surface area contributed by atoms with Gasteiger partial charge in [0.15, 0.2) is 5.76 Å². The molecule has 0 saturated carbocycles. The minimum Gasteiger partial charge on any atom is -0.497 e. The number of carbonyl (C=O) groups excluding carboxylic acids is 1. The van der Waals surface area contributed by atoms with Crippen LogP contribution in [0.15, 0.2) is 83.4 Å². The number of hydrogen-bond acceptors (Lipinski definition) is 4. The monoisotopic (exact) mass is 398 g/mol. The van der Waals surface area contributed by atoms with Gasteiger partial charge in [0.2, 0.25) is 5.89 Å². The number of methoxy groups -OCH3 is 1. The zero-order chi connectivity index (χ0) is 20.9. The molecule has 0 unspecified atom stereocenters. The van der Waals surface area contributed by atoms with E-state index in [9.17, 15) is 4.79 Å². The molecule has 4 rings (SSSR count). The molecule has 5 nitrogen and oxygen atoms in total. The molecular weight excluding hydrogens is 376 g/mol. The molecule has 5 heteroatoms. The minimum absolute atomic E-state index is 0.174. The first kappa shape index (κ1) is 19.5. The van der Waals surface area contributed by atoms with Crippen LogP contribution in [0.3, 0.4) is 0 Å². The highest BCUT2D eigenvalue weighted by molar-refractivity contribution is 6.00. The summed E-state index contributed by atoms with van der Waals surface area (Å²) < 4.78 is 11.2. The van der Waals surface area contributed by atoms with Crippen LogP contribution in [0.25, 0.3) is 22.8 Å². The summed E-state index contributed by atoms with van der Waals surface area (Å²) in [6.45, 7) is 2.49. The Balaban J connectivity index is 1.56. The molecule has 0 saturated heterocycles. The van der Waals surface area contributed by atoms with Gasteiger partial charge in [-0.2, -0.15) is 0 Å². The average Bonchev–Trinajstić information content (AvgIpc) is 3.29. The van der Waals surface area contributed by atoms with Crippen LogP contribution in [0.2, 0.25) is 0 Å². The lowest BCUT2D eigenvalue weighted by molar-refractivity contribution is 0.0951. The van der Waals surface area contributed by atoms with Gasteiger partial charge >= 0.3 is 0 Å². The Morgan fingerprint density at radius 1 is 1.03 bits per heavy atom. The van der Waals surface area contributed by atoms with E-state index in [1.807, 2.05) is 73.7 Å². The maximum Gasteiger partial charge on any atom is 0.252 e. The van der Waals surface area contributed by atoms with Crippen molar-refractivity contribution in [1.82, 2.24) is 10.3 Å². The number of nitrogens with one attached hydrogen (secondary N) is 1. The second-order valence-electron chi connectivity index (χ2n) is 6.98. The van der Waals surface area contributed by atoms with Crippen molar-refractivity contribution in [3.05, 3.63) is 95.7 Å². The van der Waals surface area contributed by atoms with Crippen molar-refractivity contribution < 1.29 is 13.9 Å². The molecule has 0 aliphatic carbocycles. The van der Waals surface area contributed by atoms with E-state index >= 15 is 0 Å². The SMILES string of the molecule is COc1cccc(-c2cnc(-c3ccccc3C(=O)NCc3ccc(C)cc3)o2)c1. The number of oxazole rings is 1. The number of aryl methyl sites for hydroxylation is 1. The quantitative estimate of drug-likeness (QED) is 0.481. The summed E-state index contributed by atoms with van der Waals surface area (Å²) in [6.07, 6.45) is 1.66. The molecule has 1 N–H and O–H groups in total. The van der Waals surface area contributed by atoms with E-state index in [0.29, 0.717) is 29.3 Å². The first-order valence-electron chi connectivity index (χ1n) is 9.67. The van der Waals surface area contributed by atoms with Crippen LogP contribution >= 0.6 is 0 Å². The van der Waals surface area contributed by atoms with Gasteiger partial charge in [-0.15, -0.1) is 0 Å². The van der Waals surface area contributed by atoms with E-state index in [0.717, 1.165) is 16.9 Å². The Labute approximate surface area is 175 Å². The number of benzene rings is 3. The molecule has 0 radical (unpaired) electrons. The van der Waals surface area contributed by atoms with E-state index in [1.54, 1.807) is 19.4 Å². The molecule has 0 fully saturated rings. The lowest BCUT2D eigenvalue weighted by Gasteiger charge is -2.09. The van der Waals surface area contributed by atoms with Crippen LogP contribution in [-0.2, 0) is 6.54 Å². The molecule has 0 atom stereocenters. The second-order valence-corrected chi connectivity index (χ2v) is 6.98. The largest absolute Gasteiger partial charge is 0.497 e. The van der Waals surface area contributed by atoms with Gasteiger partial charge in [0.1, 0.15) is 5.75 Å². The molecule has 0 spiro atoms. The Hall–Kier alpha value is -3.86. The second kappa shape index (κ2) is 8.66. The first-order valence-corrected chi connectivity index (χ1v) is 9.67. The highest BCUT2D eigenvalue weighted by Crippen LogP contribution is 2.29. The highest BCUT2D eigenvalue weighted by Gasteiger charge is 2.17. The molecule has 3 aromatic carbocycles. The number of carbonyl (C=O) groups is 1. The number of rotatable bonds is 6. The van der Waals surface area contributed by atoms with E-state index < -0.39 is 0 Å².